The van der Waals surface area contributed by atoms with Gasteiger partial charge in [-0.3, -0.25) is 0 Å². The second kappa shape index (κ2) is 12.5. The van der Waals surface area contributed by atoms with E-state index in [4.69, 9.17) is 4.42 Å². The molecule has 244 valence electrons. The van der Waals surface area contributed by atoms with E-state index in [-0.39, 0.29) is 0 Å². The van der Waals surface area contributed by atoms with Gasteiger partial charge in [-0.2, -0.15) is 0 Å². The van der Waals surface area contributed by atoms with Gasteiger partial charge in [-0.1, -0.05) is 158 Å². The number of fused-ring (bicyclic) bond motifs is 6. The molecule has 52 heavy (non-hydrogen) atoms. The van der Waals surface area contributed by atoms with Crippen LogP contribution in [-0.4, -0.2) is 0 Å². The summed E-state index contributed by atoms with van der Waals surface area (Å²) in [6.45, 7) is 0. The van der Waals surface area contributed by atoms with E-state index in [1.165, 1.54) is 44.0 Å². The number of para-hydroxylation sites is 3. The van der Waals surface area contributed by atoms with Crippen molar-refractivity contribution >= 4 is 60.5 Å². The summed E-state index contributed by atoms with van der Waals surface area (Å²) >= 11 is 0. The molecule has 0 aliphatic heterocycles. The van der Waals surface area contributed by atoms with Crippen LogP contribution in [0.1, 0.15) is 0 Å². The molecule has 0 saturated heterocycles. The Labute approximate surface area is 302 Å². The minimum Gasteiger partial charge on any atom is -0.456 e. The van der Waals surface area contributed by atoms with Crippen molar-refractivity contribution in [2.24, 2.45) is 0 Å². The van der Waals surface area contributed by atoms with Crippen molar-refractivity contribution in [3.8, 4) is 33.4 Å². The molecule has 1 heterocycles. The van der Waals surface area contributed by atoms with E-state index < -0.39 is 0 Å². The average Bonchev–Trinajstić information content (AvgIpc) is 3.58. The van der Waals surface area contributed by atoms with Crippen LogP contribution in [0, 0.1) is 0 Å². The molecule has 0 atom stereocenters. The number of hydrogen-bond acceptors (Lipinski definition) is 2. The van der Waals surface area contributed by atoms with E-state index in [1.54, 1.807) is 0 Å². The molecule has 0 bridgehead atoms. The number of hydrogen-bond donors (Lipinski definition) is 0. The molecule has 0 radical (unpaired) electrons. The van der Waals surface area contributed by atoms with E-state index in [0.29, 0.717) is 0 Å². The van der Waals surface area contributed by atoms with Crippen molar-refractivity contribution in [3.63, 3.8) is 0 Å². The maximum Gasteiger partial charge on any atom is 0.136 e. The molecule has 0 spiro atoms. The summed E-state index contributed by atoms with van der Waals surface area (Å²) in [6.07, 6.45) is 0. The fourth-order valence-electron chi connectivity index (χ4n) is 7.91. The van der Waals surface area contributed by atoms with Gasteiger partial charge < -0.3 is 9.32 Å². The lowest BCUT2D eigenvalue weighted by atomic mass is 9.88. The highest BCUT2D eigenvalue weighted by molar-refractivity contribution is 6.18. The highest BCUT2D eigenvalue weighted by Gasteiger charge is 2.22. The zero-order valence-corrected chi connectivity index (χ0v) is 28.4. The van der Waals surface area contributed by atoms with E-state index in [9.17, 15) is 0 Å². The Morgan fingerprint density at radius 3 is 1.67 bits per heavy atom. The third kappa shape index (κ3) is 4.96. The van der Waals surface area contributed by atoms with Crippen LogP contribution in [-0.2, 0) is 0 Å². The van der Waals surface area contributed by atoms with Crippen molar-refractivity contribution in [2.75, 3.05) is 4.90 Å². The summed E-state index contributed by atoms with van der Waals surface area (Å²) in [5.74, 6) is 0. The monoisotopic (exact) mass is 663 g/mol. The van der Waals surface area contributed by atoms with Crippen LogP contribution in [0.3, 0.4) is 0 Å². The molecule has 0 aliphatic rings. The van der Waals surface area contributed by atoms with E-state index in [0.717, 1.165) is 50.0 Å². The number of furan rings is 1. The molecule has 1 aromatic heterocycles. The first-order valence-corrected chi connectivity index (χ1v) is 17.8. The summed E-state index contributed by atoms with van der Waals surface area (Å²) in [7, 11) is 0. The lowest BCUT2D eigenvalue weighted by Gasteiger charge is -2.29. The minimum atomic E-state index is 0.913. The maximum absolute atomic E-state index is 6.27. The van der Waals surface area contributed by atoms with Crippen LogP contribution >= 0.6 is 0 Å². The van der Waals surface area contributed by atoms with Crippen LogP contribution in [0.25, 0.3) is 76.9 Å². The van der Waals surface area contributed by atoms with Gasteiger partial charge in [-0.05, 0) is 86.4 Å². The van der Waals surface area contributed by atoms with Gasteiger partial charge in [0.15, 0.2) is 0 Å². The number of benzene rings is 9. The summed E-state index contributed by atoms with van der Waals surface area (Å²) < 4.78 is 6.27. The second-order valence-electron chi connectivity index (χ2n) is 13.3. The first-order chi connectivity index (χ1) is 25.8. The molecular formula is C50H33NO. The Morgan fingerprint density at radius 1 is 0.308 bits per heavy atom. The molecular weight excluding hydrogens is 631 g/mol. The quantitative estimate of drug-likeness (QED) is 0.165. The summed E-state index contributed by atoms with van der Waals surface area (Å²) in [4.78, 5) is 2.43. The third-order valence-corrected chi connectivity index (χ3v) is 10.3. The lowest BCUT2D eigenvalue weighted by Crippen LogP contribution is -2.11. The molecule has 0 unspecified atom stereocenters. The Balaban J connectivity index is 1.20. The number of rotatable bonds is 6. The Morgan fingerprint density at radius 2 is 0.885 bits per heavy atom. The summed E-state index contributed by atoms with van der Waals surface area (Å²) in [6, 6.07) is 71.8. The SMILES string of the molecule is c1ccc(-c2ccccc2-c2ccccc2-c2ccccc2N(c2ccccc2)c2cccc3c2ccc2cc4oc5ccccc5c4cc23)cc1. The Kier molecular flexibility index (Phi) is 7.18. The van der Waals surface area contributed by atoms with Gasteiger partial charge in [0.2, 0.25) is 0 Å². The third-order valence-electron chi connectivity index (χ3n) is 10.3. The lowest BCUT2D eigenvalue weighted by molar-refractivity contribution is 0.669. The molecule has 10 rings (SSSR count). The van der Waals surface area contributed by atoms with Crippen molar-refractivity contribution in [1.29, 1.82) is 0 Å². The topological polar surface area (TPSA) is 16.4 Å². The highest BCUT2D eigenvalue weighted by Crippen LogP contribution is 2.47. The Hall–Kier alpha value is -6.90. The van der Waals surface area contributed by atoms with Gasteiger partial charge in [-0.25, -0.2) is 0 Å². The number of nitrogens with zero attached hydrogens (tertiary/aromatic N) is 1. The maximum atomic E-state index is 6.27. The zero-order chi connectivity index (χ0) is 34.4. The van der Waals surface area contributed by atoms with Crippen LogP contribution in [0.15, 0.2) is 205 Å². The van der Waals surface area contributed by atoms with E-state index >= 15 is 0 Å². The van der Waals surface area contributed by atoms with Crippen molar-refractivity contribution < 1.29 is 4.42 Å². The van der Waals surface area contributed by atoms with Gasteiger partial charge in [-0.15, -0.1) is 0 Å². The fourth-order valence-corrected chi connectivity index (χ4v) is 7.91. The number of anilines is 3. The van der Waals surface area contributed by atoms with Gasteiger partial charge in [0.05, 0.1) is 11.4 Å². The van der Waals surface area contributed by atoms with Crippen molar-refractivity contribution in [3.05, 3.63) is 200 Å². The van der Waals surface area contributed by atoms with Crippen LogP contribution in [0.4, 0.5) is 17.1 Å². The molecule has 10 aromatic rings. The van der Waals surface area contributed by atoms with Crippen LogP contribution in [0.2, 0.25) is 0 Å². The van der Waals surface area contributed by atoms with Crippen molar-refractivity contribution in [1.82, 2.24) is 0 Å². The van der Waals surface area contributed by atoms with Gasteiger partial charge in [0.25, 0.3) is 0 Å². The van der Waals surface area contributed by atoms with Crippen molar-refractivity contribution in [2.45, 2.75) is 0 Å². The van der Waals surface area contributed by atoms with Crippen LogP contribution in [0.5, 0.6) is 0 Å². The normalized spacial score (nSPS) is 11.5. The molecule has 2 heteroatoms. The predicted molar refractivity (Wildman–Crippen MR) is 220 cm³/mol. The van der Waals surface area contributed by atoms with E-state index in [1.807, 2.05) is 12.1 Å². The molecule has 0 amide bonds. The molecule has 2 nitrogen and oxygen atoms in total. The second-order valence-corrected chi connectivity index (χ2v) is 13.3. The summed E-state index contributed by atoms with van der Waals surface area (Å²) in [5.41, 5.74) is 12.3. The molecule has 0 saturated carbocycles. The fraction of sp³-hybridized carbons (Fsp3) is 0. The van der Waals surface area contributed by atoms with Gasteiger partial charge >= 0.3 is 0 Å². The van der Waals surface area contributed by atoms with Crippen LogP contribution < -0.4 is 4.90 Å². The Bertz CT molecular complexity index is 2910. The minimum absolute atomic E-state index is 0.913. The standard InChI is InChI=1S/C50H33NO/c1-3-16-34(17-4-1)37-20-7-8-21-38(37)39-22-9-10-23-40(39)42-24-11-13-27-47(42)51(36-18-5-2-6-19-36)48-28-15-26-41-43(48)31-30-35-32-50-46(33-45(35)41)44-25-12-14-29-49(44)52-50/h1-33H. The largest absolute Gasteiger partial charge is 0.456 e. The summed E-state index contributed by atoms with van der Waals surface area (Å²) in [5, 5.41) is 7.04. The average molecular weight is 664 g/mol. The zero-order valence-electron chi connectivity index (χ0n) is 28.4. The highest BCUT2D eigenvalue weighted by atomic mass is 16.3. The molecule has 0 N–H and O–H groups in total. The molecule has 9 aromatic carbocycles. The van der Waals surface area contributed by atoms with Gasteiger partial charge in [0.1, 0.15) is 11.2 Å². The van der Waals surface area contributed by atoms with Gasteiger partial charge in [0, 0.05) is 27.4 Å². The first-order valence-electron chi connectivity index (χ1n) is 17.8. The molecule has 0 aliphatic carbocycles. The van der Waals surface area contributed by atoms with E-state index in [2.05, 4.69) is 193 Å². The smallest absolute Gasteiger partial charge is 0.136 e. The predicted octanol–water partition coefficient (Wildman–Crippen LogP) is 14.4. The molecule has 0 fully saturated rings. The first kappa shape index (κ1) is 30.0.